The minimum atomic E-state index is -0.480. The Kier molecular flexibility index (Phi) is 4.22. The zero-order valence-corrected chi connectivity index (χ0v) is 11.8. The van der Waals surface area contributed by atoms with E-state index in [0.717, 1.165) is 13.1 Å². The van der Waals surface area contributed by atoms with E-state index in [2.05, 4.69) is 5.32 Å². The van der Waals surface area contributed by atoms with Gasteiger partial charge in [0, 0.05) is 6.54 Å². The van der Waals surface area contributed by atoms with Crippen LogP contribution in [0.25, 0.3) is 0 Å². The van der Waals surface area contributed by atoms with Crippen molar-refractivity contribution >= 4 is 29.0 Å². The normalized spacial score (nSPS) is 15.8. The van der Waals surface area contributed by atoms with E-state index >= 15 is 0 Å². The molecule has 19 heavy (non-hydrogen) atoms. The van der Waals surface area contributed by atoms with Crippen molar-refractivity contribution in [1.82, 2.24) is 5.32 Å². The van der Waals surface area contributed by atoms with Gasteiger partial charge in [0.25, 0.3) is 11.7 Å². The number of nitrogens with one attached hydrogen (secondary N) is 1. The molecule has 1 atom stereocenters. The number of anilines is 1. The van der Waals surface area contributed by atoms with Crippen molar-refractivity contribution in [3.05, 3.63) is 28.8 Å². The van der Waals surface area contributed by atoms with Gasteiger partial charge in [-0.15, -0.1) is 0 Å². The fourth-order valence-corrected chi connectivity index (χ4v) is 2.53. The van der Waals surface area contributed by atoms with Gasteiger partial charge < -0.3 is 10.2 Å². The van der Waals surface area contributed by atoms with E-state index in [-0.39, 0.29) is 5.92 Å². The van der Waals surface area contributed by atoms with Crippen molar-refractivity contribution in [3.8, 4) is 0 Å². The fourth-order valence-electron chi connectivity index (χ4n) is 2.25. The Morgan fingerprint density at radius 1 is 1.37 bits per heavy atom. The molecule has 2 rings (SSSR count). The Morgan fingerprint density at radius 2 is 2.11 bits per heavy atom. The number of carbonyl (C=O) groups excluding carboxylic acids is 2. The van der Waals surface area contributed by atoms with Gasteiger partial charge in [-0.2, -0.15) is 0 Å². The summed E-state index contributed by atoms with van der Waals surface area (Å²) in [5, 5.41) is 3.68. The SMILES string of the molecule is CCNCC(C)CN1C(=O)C(=O)c2cccc(Cl)c21. The second kappa shape index (κ2) is 5.72. The van der Waals surface area contributed by atoms with Gasteiger partial charge in [0.1, 0.15) is 0 Å². The third kappa shape index (κ3) is 2.65. The van der Waals surface area contributed by atoms with E-state index in [1.54, 1.807) is 18.2 Å². The van der Waals surface area contributed by atoms with Crippen molar-refractivity contribution in [1.29, 1.82) is 0 Å². The molecule has 0 fully saturated rings. The summed E-state index contributed by atoms with van der Waals surface area (Å²) < 4.78 is 0. The summed E-state index contributed by atoms with van der Waals surface area (Å²) in [6, 6.07) is 5.04. The summed E-state index contributed by atoms with van der Waals surface area (Å²) in [5.74, 6) is -0.696. The topological polar surface area (TPSA) is 49.4 Å². The molecule has 0 aromatic heterocycles. The third-order valence-electron chi connectivity index (χ3n) is 3.18. The zero-order valence-electron chi connectivity index (χ0n) is 11.1. The Hall–Kier alpha value is -1.39. The highest BCUT2D eigenvalue weighted by atomic mass is 35.5. The van der Waals surface area contributed by atoms with Crippen LogP contribution in [-0.4, -0.2) is 31.3 Å². The lowest BCUT2D eigenvalue weighted by Gasteiger charge is -2.22. The first-order valence-electron chi connectivity index (χ1n) is 6.41. The Labute approximate surface area is 117 Å². The fraction of sp³-hybridized carbons (Fsp3) is 0.429. The second-order valence-corrected chi connectivity index (χ2v) is 5.20. The molecule has 0 bridgehead atoms. The molecule has 0 saturated carbocycles. The average Bonchev–Trinajstić information content (AvgIpc) is 2.63. The summed E-state index contributed by atoms with van der Waals surface area (Å²) in [5.41, 5.74) is 0.968. The molecule has 1 unspecified atom stereocenters. The lowest BCUT2D eigenvalue weighted by molar-refractivity contribution is -0.114. The molecule has 0 radical (unpaired) electrons. The minimum Gasteiger partial charge on any atom is -0.317 e. The van der Waals surface area contributed by atoms with Crippen LogP contribution in [0.15, 0.2) is 18.2 Å². The summed E-state index contributed by atoms with van der Waals surface area (Å²) in [4.78, 5) is 25.4. The van der Waals surface area contributed by atoms with Crippen LogP contribution >= 0.6 is 11.6 Å². The van der Waals surface area contributed by atoms with Crippen LogP contribution in [-0.2, 0) is 4.79 Å². The van der Waals surface area contributed by atoms with Crippen molar-refractivity contribution in [2.45, 2.75) is 13.8 Å². The summed E-state index contributed by atoms with van der Waals surface area (Å²) in [6.45, 7) is 6.25. The van der Waals surface area contributed by atoms with Crippen molar-refractivity contribution in [2.24, 2.45) is 5.92 Å². The Morgan fingerprint density at radius 3 is 2.79 bits per heavy atom. The van der Waals surface area contributed by atoms with E-state index in [9.17, 15) is 9.59 Å². The number of amides is 1. The van der Waals surface area contributed by atoms with Gasteiger partial charge in [-0.25, -0.2) is 0 Å². The maximum atomic E-state index is 12.0. The minimum absolute atomic E-state index is 0.249. The summed E-state index contributed by atoms with van der Waals surface area (Å²) >= 11 is 6.12. The van der Waals surface area contributed by atoms with E-state index in [1.807, 2.05) is 13.8 Å². The van der Waals surface area contributed by atoms with E-state index in [0.29, 0.717) is 22.8 Å². The van der Waals surface area contributed by atoms with Crippen molar-refractivity contribution < 1.29 is 9.59 Å². The molecule has 0 aliphatic carbocycles. The van der Waals surface area contributed by atoms with Gasteiger partial charge in [-0.1, -0.05) is 31.5 Å². The van der Waals surface area contributed by atoms with E-state index in [4.69, 9.17) is 11.6 Å². The molecule has 1 aromatic rings. The van der Waals surface area contributed by atoms with Crippen LogP contribution in [0, 0.1) is 5.92 Å². The van der Waals surface area contributed by atoms with Crippen molar-refractivity contribution in [2.75, 3.05) is 24.5 Å². The molecule has 0 spiro atoms. The van der Waals surface area contributed by atoms with Gasteiger partial charge in [-0.05, 0) is 31.1 Å². The van der Waals surface area contributed by atoms with Crippen LogP contribution in [0.4, 0.5) is 5.69 Å². The number of rotatable bonds is 5. The van der Waals surface area contributed by atoms with Crippen LogP contribution in [0.1, 0.15) is 24.2 Å². The second-order valence-electron chi connectivity index (χ2n) is 4.79. The molecule has 1 aliphatic rings. The van der Waals surface area contributed by atoms with Gasteiger partial charge in [0.05, 0.1) is 16.3 Å². The largest absolute Gasteiger partial charge is 0.317 e. The molecule has 1 aliphatic heterocycles. The van der Waals surface area contributed by atoms with Crippen LogP contribution in [0.3, 0.4) is 0 Å². The molecular formula is C14H17ClN2O2. The summed E-state index contributed by atoms with van der Waals surface area (Å²) in [7, 11) is 0. The maximum Gasteiger partial charge on any atom is 0.299 e. The highest BCUT2D eigenvalue weighted by Gasteiger charge is 2.37. The smallest absolute Gasteiger partial charge is 0.299 e. The van der Waals surface area contributed by atoms with E-state index < -0.39 is 11.7 Å². The first kappa shape index (κ1) is 14.0. The number of nitrogens with zero attached hydrogens (tertiary/aromatic N) is 1. The van der Waals surface area contributed by atoms with E-state index in [1.165, 1.54) is 4.90 Å². The molecule has 1 N–H and O–H groups in total. The number of hydrogen-bond acceptors (Lipinski definition) is 3. The third-order valence-corrected chi connectivity index (χ3v) is 3.48. The standard InChI is InChI=1S/C14H17ClN2O2/c1-3-16-7-9(2)8-17-12-10(13(18)14(17)19)5-4-6-11(12)15/h4-6,9,16H,3,7-8H2,1-2H3. The number of hydrogen-bond donors (Lipinski definition) is 1. The highest BCUT2D eigenvalue weighted by Crippen LogP contribution is 2.35. The Balaban J connectivity index is 2.23. The lowest BCUT2D eigenvalue weighted by atomic mass is 10.1. The van der Waals surface area contributed by atoms with Crippen LogP contribution in [0.5, 0.6) is 0 Å². The number of benzene rings is 1. The molecule has 4 nitrogen and oxygen atoms in total. The van der Waals surface area contributed by atoms with Gasteiger partial charge in [-0.3, -0.25) is 9.59 Å². The van der Waals surface area contributed by atoms with Crippen LogP contribution in [0.2, 0.25) is 5.02 Å². The number of ketones is 1. The van der Waals surface area contributed by atoms with Crippen LogP contribution < -0.4 is 10.2 Å². The first-order valence-corrected chi connectivity index (χ1v) is 6.79. The predicted octanol–water partition coefficient (Wildman–Crippen LogP) is 2.11. The van der Waals surface area contributed by atoms with Crippen molar-refractivity contribution in [3.63, 3.8) is 0 Å². The zero-order chi connectivity index (χ0) is 14.0. The molecule has 1 aromatic carbocycles. The molecule has 0 saturated heterocycles. The average molecular weight is 281 g/mol. The number of carbonyl (C=O) groups is 2. The molecule has 102 valence electrons. The first-order chi connectivity index (χ1) is 9.06. The van der Waals surface area contributed by atoms with Gasteiger partial charge in [0.15, 0.2) is 0 Å². The van der Waals surface area contributed by atoms with Gasteiger partial charge >= 0.3 is 0 Å². The molecule has 1 amide bonds. The molecular weight excluding hydrogens is 264 g/mol. The highest BCUT2D eigenvalue weighted by molar-refractivity contribution is 6.54. The number of fused-ring (bicyclic) bond motifs is 1. The predicted molar refractivity (Wildman–Crippen MR) is 75.8 cm³/mol. The molecule has 1 heterocycles. The number of para-hydroxylation sites is 1. The maximum absolute atomic E-state index is 12.0. The number of Topliss-reactive ketones (excluding diaryl/α,β-unsaturated/α-hetero) is 1. The Bertz CT molecular complexity index is 516. The monoisotopic (exact) mass is 280 g/mol. The summed E-state index contributed by atoms with van der Waals surface area (Å²) in [6.07, 6.45) is 0. The number of halogens is 1. The van der Waals surface area contributed by atoms with Gasteiger partial charge in [0.2, 0.25) is 0 Å². The molecule has 5 heteroatoms. The lowest BCUT2D eigenvalue weighted by Crippen LogP contribution is -2.37. The quantitative estimate of drug-likeness (QED) is 0.841.